The highest BCUT2D eigenvalue weighted by molar-refractivity contribution is 6.06. The van der Waals surface area contributed by atoms with Gasteiger partial charge >= 0.3 is 0 Å². The Morgan fingerprint density at radius 1 is 0.575 bits per heavy atom. The number of para-hydroxylation sites is 6. The zero-order chi connectivity index (χ0) is 26.8. The first kappa shape index (κ1) is 22.6. The number of nitrogens with two attached hydrogens (primary N) is 2. The number of nitrogens with zero attached hydrogens (tertiary/aromatic N) is 2. The number of ether oxygens (including phenoxy) is 2. The molecule has 194 valence electrons. The molecule has 0 atom stereocenters. The highest BCUT2D eigenvalue weighted by Gasteiger charge is 2.29. The third kappa shape index (κ3) is 3.36. The van der Waals surface area contributed by atoms with E-state index in [0.717, 1.165) is 80.8 Å². The molecule has 0 saturated carbocycles. The molecule has 3 aliphatic rings. The Balaban J connectivity index is 1.30. The van der Waals surface area contributed by atoms with E-state index in [1.807, 2.05) is 66.7 Å². The molecule has 0 bridgehead atoms. The Labute approximate surface area is 232 Å². The number of nitrogen functional groups attached to an aromatic ring is 2. The average molecular weight is 523 g/mol. The van der Waals surface area contributed by atoms with Crippen LogP contribution in [0, 0.1) is 0 Å². The van der Waals surface area contributed by atoms with Crippen LogP contribution in [0.15, 0.2) is 121 Å². The van der Waals surface area contributed by atoms with Gasteiger partial charge in [-0.25, -0.2) is 0 Å². The summed E-state index contributed by atoms with van der Waals surface area (Å²) in [4.78, 5) is 4.40. The normalized spacial score (nSPS) is 15.1. The van der Waals surface area contributed by atoms with E-state index >= 15 is 0 Å². The predicted octanol–water partition coefficient (Wildman–Crippen LogP) is 8.67. The minimum Gasteiger partial charge on any atom is -0.457 e. The van der Waals surface area contributed by atoms with E-state index in [9.17, 15) is 0 Å². The molecule has 0 fully saturated rings. The van der Waals surface area contributed by atoms with Crippen molar-refractivity contribution in [3.05, 3.63) is 121 Å². The number of rotatable bonds is 2. The maximum Gasteiger partial charge on any atom is 0.151 e. The van der Waals surface area contributed by atoms with E-state index in [1.54, 1.807) is 0 Å². The van der Waals surface area contributed by atoms with Gasteiger partial charge < -0.3 is 30.7 Å². The van der Waals surface area contributed by atoms with Gasteiger partial charge in [-0.15, -0.1) is 0 Å². The van der Waals surface area contributed by atoms with Crippen molar-refractivity contribution >= 4 is 50.6 Å². The zero-order valence-corrected chi connectivity index (χ0v) is 21.7. The van der Waals surface area contributed by atoms with Crippen molar-refractivity contribution in [1.82, 2.24) is 0 Å². The van der Waals surface area contributed by atoms with E-state index in [2.05, 4.69) is 52.3 Å². The monoisotopic (exact) mass is 522 g/mol. The SMILES string of the molecule is Nc1cc(N2c3ccccc3Oc3ccccc32)cc2c(N)cc(N3C4=C(CCC=C4)Oc4ccccc43)cc12. The van der Waals surface area contributed by atoms with Crippen LogP contribution in [-0.4, -0.2) is 0 Å². The fourth-order valence-electron chi connectivity index (χ4n) is 5.93. The number of hydrogen-bond donors (Lipinski definition) is 2. The minimum atomic E-state index is 0.650. The second kappa shape index (κ2) is 8.58. The van der Waals surface area contributed by atoms with Crippen LogP contribution in [0.2, 0.25) is 0 Å². The van der Waals surface area contributed by atoms with Crippen molar-refractivity contribution in [2.24, 2.45) is 0 Å². The highest BCUT2D eigenvalue weighted by Crippen LogP contribution is 2.52. The van der Waals surface area contributed by atoms with Crippen molar-refractivity contribution in [2.75, 3.05) is 21.3 Å². The summed E-state index contributed by atoms with van der Waals surface area (Å²) in [5.41, 5.74) is 20.7. The molecule has 2 heterocycles. The topological polar surface area (TPSA) is 77.0 Å². The number of fused-ring (bicyclic) bond motifs is 4. The van der Waals surface area contributed by atoms with Gasteiger partial charge in [-0.2, -0.15) is 0 Å². The molecule has 40 heavy (non-hydrogen) atoms. The van der Waals surface area contributed by atoms with Gasteiger partial charge in [0.1, 0.15) is 5.76 Å². The van der Waals surface area contributed by atoms with E-state index in [-0.39, 0.29) is 0 Å². The molecule has 4 N–H and O–H groups in total. The first-order valence-electron chi connectivity index (χ1n) is 13.4. The van der Waals surface area contributed by atoms with Gasteiger partial charge in [0.25, 0.3) is 0 Å². The van der Waals surface area contributed by atoms with Crippen LogP contribution in [0.1, 0.15) is 12.8 Å². The van der Waals surface area contributed by atoms with Gasteiger partial charge in [0.2, 0.25) is 0 Å². The smallest absolute Gasteiger partial charge is 0.151 e. The Bertz CT molecular complexity index is 1860. The molecule has 6 heteroatoms. The van der Waals surface area contributed by atoms with Gasteiger partial charge in [-0.1, -0.05) is 42.5 Å². The fourth-order valence-corrected chi connectivity index (χ4v) is 5.93. The average Bonchev–Trinajstić information content (AvgIpc) is 2.99. The molecule has 1 aliphatic carbocycles. The Morgan fingerprint density at radius 3 is 1.68 bits per heavy atom. The molecular formula is C34H26N4O2. The van der Waals surface area contributed by atoms with Crippen LogP contribution in [0.5, 0.6) is 17.2 Å². The van der Waals surface area contributed by atoms with E-state index < -0.39 is 0 Å². The molecule has 0 aromatic heterocycles. The Morgan fingerprint density at radius 2 is 1.07 bits per heavy atom. The molecule has 2 aliphatic heterocycles. The first-order valence-corrected chi connectivity index (χ1v) is 13.4. The summed E-state index contributed by atoms with van der Waals surface area (Å²) in [5.74, 6) is 3.38. The molecule has 0 radical (unpaired) electrons. The third-order valence-electron chi connectivity index (χ3n) is 7.73. The molecule has 6 nitrogen and oxygen atoms in total. The molecule has 5 aromatic rings. The van der Waals surface area contributed by atoms with Crippen LogP contribution < -0.4 is 30.7 Å². The zero-order valence-electron chi connectivity index (χ0n) is 21.7. The van der Waals surface area contributed by atoms with Crippen LogP contribution in [-0.2, 0) is 0 Å². The number of allylic oxidation sites excluding steroid dienone is 3. The number of anilines is 7. The second-order valence-corrected chi connectivity index (χ2v) is 10.2. The lowest BCUT2D eigenvalue weighted by Crippen LogP contribution is -2.25. The van der Waals surface area contributed by atoms with Crippen LogP contribution in [0.3, 0.4) is 0 Å². The maximum absolute atomic E-state index is 6.82. The van der Waals surface area contributed by atoms with E-state index in [1.165, 1.54) is 0 Å². The Kier molecular flexibility index (Phi) is 4.85. The third-order valence-corrected chi connectivity index (χ3v) is 7.73. The van der Waals surface area contributed by atoms with Crippen molar-refractivity contribution in [1.29, 1.82) is 0 Å². The molecule has 0 unspecified atom stereocenters. The molecule has 0 amide bonds. The summed E-state index contributed by atoms with van der Waals surface area (Å²) >= 11 is 0. The van der Waals surface area contributed by atoms with Crippen molar-refractivity contribution in [3.63, 3.8) is 0 Å². The van der Waals surface area contributed by atoms with E-state index in [0.29, 0.717) is 11.4 Å². The molecule has 0 spiro atoms. The molecule has 5 aromatic carbocycles. The summed E-state index contributed by atoms with van der Waals surface area (Å²) in [6, 6.07) is 32.4. The van der Waals surface area contributed by atoms with Gasteiger partial charge in [-0.3, -0.25) is 0 Å². The lowest BCUT2D eigenvalue weighted by molar-refractivity contribution is 0.388. The van der Waals surface area contributed by atoms with Crippen molar-refractivity contribution in [3.8, 4) is 17.2 Å². The summed E-state index contributed by atoms with van der Waals surface area (Å²) in [6.07, 6.45) is 6.13. The fraction of sp³-hybridized carbons (Fsp3) is 0.0588. The first-order chi connectivity index (χ1) is 19.7. The van der Waals surface area contributed by atoms with Crippen LogP contribution in [0.4, 0.5) is 39.8 Å². The molecule has 0 saturated heterocycles. The summed E-state index contributed by atoms with van der Waals surface area (Å²) in [5, 5.41) is 1.80. The van der Waals surface area contributed by atoms with Gasteiger partial charge in [-0.05, 0) is 73.2 Å². The van der Waals surface area contributed by atoms with Gasteiger partial charge in [0, 0.05) is 39.9 Å². The van der Waals surface area contributed by atoms with Crippen molar-refractivity contribution < 1.29 is 9.47 Å². The molecular weight excluding hydrogens is 496 g/mol. The highest BCUT2D eigenvalue weighted by atomic mass is 16.5. The lowest BCUT2D eigenvalue weighted by Gasteiger charge is -2.35. The van der Waals surface area contributed by atoms with Crippen molar-refractivity contribution in [2.45, 2.75) is 12.8 Å². The van der Waals surface area contributed by atoms with Gasteiger partial charge in [0.15, 0.2) is 17.2 Å². The molecule has 8 rings (SSSR count). The summed E-state index contributed by atoms with van der Waals surface area (Å²) in [7, 11) is 0. The van der Waals surface area contributed by atoms with Crippen LogP contribution >= 0.6 is 0 Å². The standard InChI is InChI=1S/C34H26N4O2/c35-25-19-21(37-27-9-1-5-13-31(27)39-32-14-6-2-10-28(32)37)17-23-24(25)18-22(20-26(23)36)38-29-11-3-7-15-33(29)40-34-16-8-4-12-30(34)38/h1-7,9-15,17-20H,8,16,35-36H2. The second-order valence-electron chi connectivity index (χ2n) is 10.2. The quantitative estimate of drug-likeness (QED) is 0.222. The van der Waals surface area contributed by atoms with E-state index in [4.69, 9.17) is 20.9 Å². The van der Waals surface area contributed by atoms with Crippen LogP contribution in [0.25, 0.3) is 10.8 Å². The Hall–Kier alpha value is -5.36. The maximum atomic E-state index is 6.82. The summed E-state index contributed by atoms with van der Waals surface area (Å²) in [6.45, 7) is 0. The number of benzene rings is 5. The predicted molar refractivity (Wildman–Crippen MR) is 162 cm³/mol. The summed E-state index contributed by atoms with van der Waals surface area (Å²) < 4.78 is 12.5. The largest absolute Gasteiger partial charge is 0.457 e. The van der Waals surface area contributed by atoms with Gasteiger partial charge in [0.05, 0.1) is 22.8 Å². The minimum absolute atomic E-state index is 0.650. The lowest BCUT2D eigenvalue weighted by atomic mass is 10.0. The number of hydrogen-bond acceptors (Lipinski definition) is 6.